The Labute approximate surface area is 807 Å². The van der Waals surface area contributed by atoms with Crippen LogP contribution in [-0.4, -0.2) is 54.7 Å². The molecule has 0 saturated heterocycles. The molecule has 0 aromatic heterocycles. The van der Waals surface area contributed by atoms with Crippen LogP contribution >= 0.6 is 0 Å². The molecule has 4 bridgehead atoms. The summed E-state index contributed by atoms with van der Waals surface area (Å²) in [4.78, 5) is 0. The second-order valence-corrected chi connectivity index (χ2v) is 41.3. The number of phenolic OH excluding ortho intramolecular Hbond substituents is 2. The quantitative estimate of drug-likeness (QED) is 0.0234. The van der Waals surface area contributed by atoms with E-state index >= 15 is 0 Å². The highest BCUT2D eigenvalue weighted by Gasteiger charge is 2.63. The number of hydrogen-bond acceptors (Lipinski definition) is 10. The monoisotopic (exact) mass is 1810 g/mol. The Balaban J connectivity index is 0.000000151. The Bertz CT molecular complexity index is 5050. The molecule has 6 aliphatic rings. The largest absolute Gasteiger partial charge is 0.508 e. The van der Waals surface area contributed by atoms with Gasteiger partial charge in [0.05, 0.1) is 18.3 Å². The number of aromatic hydroxyl groups is 2. The van der Waals surface area contributed by atoms with Crippen molar-refractivity contribution in [3.05, 3.63) is 334 Å². The second kappa shape index (κ2) is 49.9. The zero-order chi connectivity index (χ0) is 95.6. The minimum atomic E-state index is -0.659. The Morgan fingerprint density at radius 3 is 1.13 bits per heavy atom. The first kappa shape index (κ1) is 103. The van der Waals surface area contributed by atoms with Gasteiger partial charge < -0.3 is 48.1 Å². The van der Waals surface area contributed by atoms with Crippen LogP contribution < -0.4 is 18.9 Å². The van der Waals surface area contributed by atoms with E-state index in [2.05, 4.69) is 312 Å². The third kappa shape index (κ3) is 26.8. The van der Waals surface area contributed by atoms with E-state index in [1.165, 1.54) is 126 Å². The average molecular weight is 1810 g/mol. The molecule has 0 aliphatic heterocycles. The zero-order valence-electron chi connectivity index (χ0n) is 84.8. The SMILES string of the molecule is CCC(C)c1ccc(O)cc1.CCC(C)c1ccc(O)cc1.CCC(C)c1ccc(OC(OC(C)C)C(C)(C)C)cc1.CCC(C)c1ccc(OC(OC)C(c2ccccc2)(c2ccccc2)c2ccccc2)cc1.CCC(C)c1ccc(OC(OC2CC3CC2C2C4CCC(C4)C32)C(C)C)cc1.CCC(C)c1ccc(OC(OC2Cc3cccc4cccc2c34)C2CCCCC2)cc1. The molecule has 0 spiro atoms. The Morgan fingerprint density at radius 1 is 0.358 bits per heavy atom. The van der Waals surface area contributed by atoms with Gasteiger partial charge in [0.15, 0.2) is 0 Å². The average Bonchev–Trinajstić information content (AvgIpc) is 1.69. The van der Waals surface area contributed by atoms with Gasteiger partial charge in [0.2, 0.25) is 25.2 Å². The lowest BCUT2D eigenvalue weighted by atomic mass is 9.68. The van der Waals surface area contributed by atoms with Gasteiger partial charge >= 0.3 is 0 Å². The number of fused-ring (bicyclic) bond motifs is 9. The van der Waals surface area contributed by atoms with Crippen molar-refractivity contribution in [2.75, 3.05) is 7.11 Å². The number of methoxy groups -OCH3 is 1. The molecule has 11 aromatic rings. The van der Waals surface area contributed by atoms with Crippen LogP contribution in [0.2, 0.25) is 0 Å². The van der Waals surface area contributed by atoms with Crippen molar-refractivity contribution in [1.82, 2.24) is 0 Å². The summed E-state index contributed by atoms with van der Waals surface area (Å²) in [5.41, 5.74) is 13.4. The van der Waals surface area contributed by atoms with Crippen LogP contribution in [0.1, 0.15) is 337 Å². The van der Waals surface area contributed by atoms with Gasteiger partial charge in [0, 0.05) is 30.8 Å². The molecule has 18 atom stereocenters. The second-order valence-electron chi connectivity index (χ2n) is 41.3. The van der Waals surface area contributed by atoms with Gasteiger partial charge in [-0.2, -0.15) is 0 Å². The number of ether oxygens (including phenoxy) is 8. The van der Waals surface area contributed by atoms with E-state index in [-0.39, 0.29) is 36.5 Å². The van der Waals surface area contributed by atoms with Gasteiger partial charge in [-0.05, 0) is 313 Å². The minimum Gasteiger partial charge on any atom is -0.508 e. The first-order chi connectivity index (χ1) is 64.7. The Kier molecular flexibility index (Phi) is 38.4. The van der Waals surface area contributed by atoms with Crippen LogP contribution in [0.25, 0.3) is 10.8 Å². The third-order valence-corrected chi connectivity index (χ3v) is 30.4. The minimum absolute atomic E-state index is 0.0559. The van der Waals surface area contributed by atoms with Crippen LogP contribution in [0.3, 0.4) is 0 Å². The summed E-state index contributed by atoms with van der Waals surface area (Å²) in [6.07, 6.45) is 20.9. The van der Waals surface area contributed by atoms with E-state index < -0.39 is 11.7 Å². The molecule has 5 saturated carbocycles. The Hall–Kier alpha value is -9.68. The summed E-state index contributed by atoms with van der Waals surface area (Å²) in [5, 5.41) is 20.7. The maximum absolute atomic E-state index is 9.01. The summed E-state index contributed by atoms with van der Waals surface area (Å²) in [7, 11) is 1.72. The first-order valence-corrected chi connectivity index (χ1v) is 51.5. The molecule has 2 N–H and O–H groups in total. The van der Waals surface area contributed by atoms with Gasteiger partial charge in [-0.3, -0.25) is 0 Å². The highest BCUT2D eigenvalue weighted by atomic mass is 16.7. The van der Waals surface area contributed by atoms with Crippen molar-refractivity contribution in [2.45, 2.75) is 325 Å². The highest BCUT2D eigenvalue weighted by molar-refractivity contribution is 5.91. The van der Waals surface area contributed by atoms with Crippen molar-refractivity contribution >= 4 is 10.8 Å². The van der Waals surface area contributed by atoms with Gasteiger partial charge in [-0.25, -0.2) is 0 Å². The molecule has 134 heavy (non-hydrogen) atoms. The van der Waals surface area contributed by atoms with Crippen LogP contribution in [0, 0.1) is 52.8 Å². The molecule has 18 unspecified atom stereocenters. The summed E-state index contributed by atoms with van der Waals surface area (Å²) >= 11 is 0. The lowest BCUT2D eigenvalue weighted by Crippen LogP contribution is -2.46. The lowest BCUT2D eigenvalue weighted by Gasteiger charge is -2.41. The molecule has 10 nitrogen and oxygen atoms in total. The smallest absolute Gasteiger partial charge is 0.217 e. The number of hydrogen-bond donors (Lipinski definition) is 2. The van der Waals surface area contributed by atoms with Crippen LogP contribution in [0.4, 0.5) is 0 Å². The normalized spacial score (nSPS) is 20.8. The summed E-state index contributed by atoms with van der Waals surface area (Å²) < 4.78 is 51.2. The summed E-state index contributed by atoms with van der Waals surface area (Å²) in [5.74, 6) is 14.4. The van der Waals surface area contributed by atoms with Crippen molar-refractivity contribution in [3.63, 3.8) is 0 Å². The van der Waals surface area contributed by atoms with E-state index in [1.807, 2.05) is 68.4 Å². The summed E-state index contributed by atoms with van der Waals surface area (Å²) in [6.45, 7) is 41.6. The van der Waals surface area contributed by atoms with Gasteiger partial charge in [-0.1, -0.05) is 337 Å². The van der Waals surface area contributed by atoms with E-state index in [4.69, 9.17) is 48.1 Å². The predicted octanol–water partition coefficient (Wildman–Crippen LogP) is 33.4. The Morgan fingerprint density at radius 2 is 0.739 bits per heavy atom. The number of rotatable bonds is 33. The molecule has 0 heterocycles. The molecule has 718 valence electrons. The fraction of sp³-hybridized carbons (Fsp3) is 0.484. The fourth-order valence-corrected chi connectivity index (χ4v) is 21.3. The molecular formula is C124H162O10. The molecular weight excluding hydrogens is 1650 g/mol. The summed E-state index contributed by atoms with van der Waals surface area (Å²) in [6, 6.07) is 93.8. The van der Waals surface area contributed by atoms with E-state index in [0.29, 0.717) is 64.9 Å². The maximum Gasteiger partial charge on any atom is 0.217 e. The van der Waals surface area contributed by atoms with Crippen molar-refractivity contribution in [3.8, 4) is 34.5 Å². The number of phenols is 2. The zero-order valence-corrected chi connectivity index (χ0v) is 84.8. The van der Waals surface area contributed by atoms with E-state index in [9.17, 15) is 0 Å². The van der Waals surface area contributed by atoms with Gasteiger partial charge in [-0.15, -0.1) is 0 Å². The van der Waals surface area contributed by atoms with Crippen molar-refractivity contribution in [1.29, 1.82) is 0 Å². The van der Waals surface area contributed by atoms with E-state index in [0.717, 1.165) is 114 Å². The standard InChI is InChI=1S/C31H32O2.C29H34O2.C26H38O2.C18H30O2.2C10H14O/c1-4-24(2)25-20-22-29(23-21-25)33-30(32-3)31(26-14-8-5-9-15-26,27-16-10-6-11-17-27)28-18-12-7-13-19-28;1-3-20(2)21-15-17-25(18-16-21)30-29(23-9-5-4-6-10-23)31-27-19-24-13-7-11-22-12-8-14-26(27)28(22)24;1-5-16(4)17-8-10-21(11-9-17)27-26(15(2)3)28-23-14-20-13-22(23)25-19-7-6-18(12-19)24(20)25;1-8-14(4)15-9-11-16(12-10-15)20-17(18(5,6)7)19-13(2)3;2*1-3-8(2)9-4-6-10(11)7-5-9/h5-24,30H,4H2,1-3H3;7-8,11-18,20,23,27,29H,3-6,9-10,19H2,1-2H3;8-11,15-16,18-20,22-26H,5-7,12-14H2,1-4H3;9-14,17H,8H2,1-7H3;2*4-8,11H,3H2,1-2H3. The third-order valence-electron chi connectivity index (χ3n) is 30.4. The molecule has 17 rings (SSSR count). The highest BCUT2D eigenvalue weighted by Crippen LogP contribution is 2.68. The lowest BCUT2D eigenvalue weighted by molar-refractivity contribution is -0.166. The molecule has 0 radical (unpaired) electrons. The molecule has 5 fully saturated rings. The topological polar surface area (TPSA) is 114 Å². The van der Waals surface area contributed by atoms with E-state index in [1.54, 1.807) is 31.4 Å². The molecule has 10 heteroatoms. The fourth-order valence-electron chi connectivity index (χ4n) is 21.3. The van der Waals surface area contributed by atoms with Crippen LogP contribution in [-0.2, 0) is 30.8 Å². The van der Waals surface area contributed by atoms with Crippen LogP contribution in [0.15, 0.2) is 273 Å². The molecule has 6 aliphatic carbocycles. The molecule has 11 aromatic carbocycles. The van der Waals surface area contributed by atoms with Crippen molar-refractivity contribution < 1.29 is 48.1 Å². The predicted molar refractivity (Wildman–Crippen MR) is 556 cm³/mol. The van der Waals surface area contributed by atoms with Crippen LogP contribution in [0.5, 0.6) is 34.5 Å². The van der Waals surface area contributed by atoms with Crippen molar-refractivity contribution in [2.24, 2.45) is 52.8 Å². The number of benzene rings is 11. The first-order valence-electron chi connectivity index (χ1n) is 51.5. The molecule has 0 amide bonds. The van der Waals surface area contributed by atoms with Gasteiger partial charge in [0.25, 0.3) is 0 Å². The van der Waals surface area contributed by atoms with Gasteiger partial charge in [0.1, 0.15) is 39.9 Å². The maximum atomic E-state index is 9.01.